The molecule has 0 aliphatic carbocycles. The Kier molecular flexibility index (Phi) is 3.44. The lowest BCUT2D eigenvalue weighted by Gasteiger charge is -2.15. The van der Waals surface area contributed by atoms with Gasteiger partial charge in [0.05, 0.1) is 12.7 Å². The van der Waals surface area contributed by atoms with Gasteiger partial charge in [0.2, 0.25) is 0 Å². The number of rotatable bonds is 2. The van der Waals surface area contributed by atoms with Crippen molar-refractivity contribution in [2.24, 2.45) is 0 Å². The van der Waals surface area contributed by atoms with Crippen LogP contribution in [0.3, 0.4) is 0 Å². The van der Waals surface area contributed by atoms with Gasteiger partial charge in [0, 0.05) is 5.56 Å². The van der Waals surface area contributed by atoms with Crippen molar-refractivity contribution in [3.63, 3.8) is 0 Å². The fraction of sp³-hybridized carbons (Fsp3) is 0.105. The second kappa shape index (κ2) is 5.41. The molecule has 0 aromatic heterocycles. The van der Waals surface area contributed by atoms with Crippen molar-refractivity contribution < 1.29 is 9.53 Å². The monoisotopic (exact) mass is 276 g/mol. The minimum Gasteiger partial charge on any atom is -0.465 e. The Morgan fingerprint density at radius 3 is 2.33 bits per heavy atom. The van der Waals surface area contributed by atoms with E-state index in [0.29, 0.717) is 5.56 Å². The normalized spacial score (nSPS) is 10.6. The summed E-state index contributed by atoms with van der Waals surface area (Å²) in [6.45, 7) is 1.95. The summed E-state index contributed by atoms with van der Waals surface area (Å²) in [5, 5.41) is 2.19. The van der Waals surface area contributed by atoms with E-state index in [1.807, 2.05) is 61.5 Å². The molecule has 21 heavy (non-hydrogen) atoms. The smallest absolute Gasteiger partial charge is 0.338 e. The molecule has 0 fully saturated rings. The lowest BCUT2D eigenvalue weighted by Crippen LogP contribution is -2.07. The SMILES string of the molecule is COC(=O)c1c(C)cc2ccccc2c1-c1ccccc1. The molecule has 0 saturated carbocycles. The van der Waals surface area contributed by atoms with E-state index in [9.17, 15) is 4.79 Å². The summed E-state index contributed by atoms with van der Waals surface area (Å²) in [5.74, 6) is -0.294. The molecular weight excluding hydrogens is 260 g/mol. The van der Waals surface area contributed by atoms with Crippen molar-refractivity contribution in [2.45, 2.75) is 6.92 Å². The molecule has 0 bridgehead atoms. The Morgan fingerprint density at radius 2 is 1.62 bits per heavy atom. The third-order valence-electron chi connectivity index (χ3n) is 3.70. The Labute approximate surface area is 124 Å². The predicted octanol–water partition coefficient (Wildman–Crippen LogP) is 4.60. The van der Waals surface area contributed by atoms with Gasteiger partial charge in [0.1, 0.15) is 0 Å². The van der Waals surface area contributed by atoms with Crippen LogP contribution in [0.25, 0.3) is 21.9 Å². The molecule has 104 valence electrons. The maximum atomic E-state index is 12.2. The molecular formula is C19H16O2. The number of esters is 1. The van der Waals surface area contributed by atoms with Crippen LogP contribution < -0.4 is 0 Å². The van der Waals surface area contributed by atoms with Crippen LogP contribution in [0.15, 0.2) is 60.7 Å². The summed E-state index contributed by atoms with van der Waals surface area (Å²) < 4.78 is 4.99. The summed E-state index contributed by atoms with van der Waals surface area (Å²) in [4.78, 5) is 12.2. The standard InChI is InChI=1S/C19H16O2/c1-13-12-15-10-6-7-11-16(15)18(17(13)19(20)21-2)14-8-4-3-5-9-14/h3-12H,1-2H3. The van der Waals surface area contributed by atoms with Crippen molar-refractivity contribution in [2.75, 3.05) is 7.11 Å². The summed E-state index contributed by atoms with van der Waals surface area (Å²) in [6.07, 6.45) is 0. The first kappa shape index (κ1) is 13.4. The van der Waals surface area contributed by atoms with Gasteiger partial charge in [-0.05, 0) is 28.8 Å². The number of carbonyl (C=O) groups is 1. The fourth-order valence-corrected chi connectivity index (χ4v) is 2.76. The number of methoxy groups -OCH3 is 1. The fourth-order valence-electron chi connectivity index (χ4n) is 2.76. The Bertz CT molecular complexity index is 804. The number of carbonyl (C=O) groups excluding carboxylic acids is 1. The van der Waals surface area contributed by atoms with E-state index in [1.54, 1.807) is 0 Å². The van der Waals surface area contributed by atoms with Crippen molar-refractivity contribution in [1.82, 2.24) is 0 Å². The predicted molar refractivity (Wildman–Crippen MR) is 85.5 cm³/mol. The van der Waals surface area contributed by atoms with Crippen molar-refractivity contribution in [3.8, 4) is 11.1 Å². The van der Waals surface area contributed by atoms with Gasteiger partial charge in [-0.25, -0.2) is 4.79 Å². The van der Waals surface area contributed by atoms with Gasteiger partial charge < -0.3 is 4.74 Å². The van der Waals surface area contributed by atoms with Crippen LogP contribution in [0.2, 0.25) is 0 Å². The summed E-state index contributed by atoms with van der Waals surface area (Å²) in [6, 6.07) is 20.1. The van der Waals surface area contributed by atoms with Gasteiger partial charge >= 0.3 is 5.97 Å². The molecule has 3 aromatic carbocycles. The van der Waals surface area contributed by atoms with E-state index in [1.165, 1.54) is 7.11 Å². The molecule has 0 unspecified atom stereocenters. The second-order valence-corrected chi connectivity index (χ2v) is 5.02. The zero-order valence-electron chi connectivity index (χ0n) is 12.1. The van der Waals surface area contributed by atoms with Crippen LogP contribution in [0.1, 0.15) is 15.9 Å². The molecule has 3 rings (SSSR count). The van der Waals surface area contributed by atoms with Crippen molar-refractivity contribution >= 4 is 16.7 Å². The zero-order valence-corrected chi connectivity index (χ0v) is 12.1. The number of hydrogen-bond acceptors (Lipinski definition) is 2. The molecule has 2 heteroatoms. The van der Waals surface area contributed by atoms with Crippen LogP contribution in [0.4, 0.5) is 0 Å². The molecule has 0 spiro atoms. The van der Waals surface area contributed by atoms with Gasteiger partial charge in [-0.15, -0.1) is 0 Å². The van der Waals surface area contributed by atoms with Gasteiger partial charge in [0.25, 0.3) is 0 Å². The molecule has 0 N–H and O–H groups in total. The maximum Gasteiger partial charge on any atom is 0.338 e. The van der Waals surface area contributed by atoms with E-state index in [4.69, 9.17) is 4.74 Å². The van der Waals surface area contributed by atoms with Gasteiger partial charge in [-0.3, -0.25) is 0 Å². The van der Waals surface area contributed by atoms with Crippen LogP contribution in [0.5, 0.6) is 0 Å². The molecule has 2 nitrogen and oxygen atoms in total. The van der Waals surface area contributed by atoms with Gasteiger partial charge in [-0.1, -0.05) is 60.7 Å². The first-order valence-electron chi connectivity index (χ1n) is 6.88. The molecule has 3 aromatic rings. The summed E-state index contributed by atoms with van der Waals surface area (Å²) >= 11 is 0. The average Bonchev–Trinajstić information content (AvgIpc) is 2.53. The number of benzene rings is 3. The van der Waals surface area contributed by atoms with Gasteiger partial charge in [0.15, 0.2) is 0 Å². The third-order valence-corrected chi connectivity index (χ3v) is 3.70. The second-order valence-electron chi connectivity index (χ2n) is 5.02. The maximum absolute atomic E-state index is 12.2. The molecule has 0 saturated heterocycles. The van der Waals surface area contributed by atoms with Crippen LogP contribution in [-0.4, -0.2) is 13.1 Å². The minimum atomic E-state index is -0.294. The zero-order chi connectivity index (χ0) is 14.8. The van der Waals surface area contributed by atoms with E-state index in [0.717, 1.165) is 27.5 Å². The largest absolute Gasteiger partial charge is 0.465 e. The third kappa shape index (κ3) is 2.29. The molecule has 0 amide bonds. The Balaban J connectivity index is 2.45. The number of hydrogen-bond donors (Lipinski definition) is 0. The van der Waals surface area contributed by atoms with Crippen LogP contribution >= 0.6 is 0 Å². The Morgan fingerprint density at radius 1 is 0.952 bits per heavy atom. The lowest BCUT2D eigenvalue weighted by atomic mass is 9.90. The van der Waals surface area contributed by atoms with Crippen molar-refractivity contribution in [1.29, 1.82) is 0 Å². The number of aryl methyl sites for hydroxylation is 1. The quantitative estimate of drug-likeness (QED) is 0.639. The molecule has 0 aliphatic rings. The minimum absolute atomic E-state index is 0.294. The molecule has 0 aliphatic heterocycles. The van der Waals surface area contributed by atoms with Crippen LogP contribution in [0, 0.1) is 6.92 Å². The first-order valence-corrected chi connectivity index (χ1v) is 6.88. The number of fused-ring (bicyclic) bond motifs is 1. The highest BCUT2D eigenvalue weighted by molar-refractivity contribution is 6.09. The van der Waals surface area contributed by atoms with Crippen LogP contribution in [-0.2, 0) is 4.74 Å². The average molecular weight is 276 g/mol. The van der Waals surface area contributed by atoms with Crippen molar-refractivity contribution in [3.05, 3.63) is 71.8 Å². The van der Waals surface area contributed by atoms with Gasteiger partial charge in [-0.2, -0.15) is 0 Å². The summed E-state index contributed by atoms with van der Waals surface area (Å²) in [5.41, 5.74) is 3.54. The topological polar surface area (TPSA) is 26.3 Å². The summed E-state index contributed by atoms with van der Waals surface area (Å²) in [7, 11) is 1.42. The Hall–Kier alpha value is -2.61. The number of ether oxygens (including phenoxy) is 1. The highest BCUT2D eigenvalue weighted by Crippen LogP contribution is 2.34. The van der Waals surface area contributed by atoms with E-state index >= 15 is 0 Å². The highest BCUT2D eigenvalue weighted by atomic mass is 16.5. The highest BCUT2D eigenvalue weighted by Gasteiger charge is 2.19. The molecule has 0 atom stereocenters. The van der Waals surface area contributed by atoms with E-state index in [-0.39, 0.29) is 5.97 Å². The first-order chi connectivity index (χ1) is 10.2. The molecule has 0 radical (unpaired) electrons. The lowest BCUT2D eigenvalue weighted by molar-refractivity contribution is 0.0601. The van der Waals surface area contributed by atoms with E-state index < -0.39 is 0 Å². The van der Waals surface area contributed by atoms with E-state index in [2.05, 4.69) is 6.07 Å². The molecule has 0 heterocycles.